The molecule has 3 saturated carbocycles. The molecule has 4 aliphatic rings. The Morgan fingerprint density at radius 1 is 1.09 bits per heavy atom. The Morgan fingerprint density at radius 3 is 2.62 bits per heavy atom. The van der Waals surface area contributed by atoms with Crippen molar-refractivity contribution in [1.82, 2.24) is 0 Å². The Bertz CT molecular complexity index is 925. The third-order valence-corrected chi connectivity index (χ3v) is 9.32. The van der Waals surface area contributed by atoms with Crippen LogP contribution < -0.4 is 4.74 Å². The van der Waals surface area contributed by atoms with Gasteiger partial charge in [-0.1, -0.05) is 48.9 Å². The van der Waals surface area contributed by atoms with Crippen LogP contribution in [0.15, 0.2) is 47.1 Å². The summed E-state index contributed by atoms with van der Waals surface area (Å²) in [7, 11) is 0. The van der Waals surface area contributed by atoms with E-state index >= 15 is 0 Å². The van der Waals surface area contributed by atoms with Crippen LogP contribution in [0.4, 0.5) is 0 Å². The molecular weight excluding hydrogens is 402 g/mol. The van der Waals surface area contributed by atoms with Crippen LogP contribution >= 0.6 is 0 Å². The van der Waals surface area contributed by atoms with Crippen LogP contribution in [0.25, 0.3) is 0 Å². The molecule has 32 heavy (non-hydrogen) atoms. The van der Waals surface area contributed by atoms with Gasteiger partial charge in [-0.15, -0.1) is 0 Å². The molecule has 0 amide bonds. The largest absolute Gasteiger partial charge is 0.482 e. The topological polar surface area (TPSA) is 68.1 Å². The number of carbonyl (C=O) groups excluding carboxylic acids is 1. The number of para-hydroxylation sites is 1. The van der Waals surface area contributed by atoms with Gasteiger partial charge in [-0.3, -0.25) is 0 Å². The van der Waals surface area contributed by atoms with Crippen molar-refractivity contribution in [3.05, 3.63) is 42.0 Å². The van der Waals surface area contributed by atoms with Crippen LogP contribution in [0.3, 0.4) is 0 Å². The van der Waals surface area contributed by atoms with Crippen LogP contribution in [0.5, 0.6) is 5.75 Å². The molecule has 5 heteroatoms. The highest BCUT2D eigenvalue weighted by Gasteiger charge is 2.58. The first-order valence-electron chi connectivity index (χ1n) is 12.2. The lowest BCUT2D eigenvalue weighted by molar-refractivity contribution is -0.153. The van der Waals surface area contributed by atoms with Crippen LogP contribution in [0.2, 0.25) is 0 Å². The molecule has 5 rings (SSSR count). The number of nitrogens with zero attached hydrogens (tertiary/aromatic N) is 1. The van der Waals surface area contributed by atoms with Crippen LogP contribution in [0, 0.1) is 28.6 Å². The highest BCUT2D eigenvalue weighted by Crippen LogP contribution is 2.64. The molecule has 0 spiro atoms. The summed E-state index contributed by atoms with van der Waals surface area (Å²) in [5, 5.41) is 13.2. The van der Waals surface area contributed by atoms with E-state index < -0.39 is 0 Å². The summed E-state index contributed by atoms with van der Waals surface area (Å²) in [6.07, 6.45) is 10.8. The molecule has 0 heterocycles. The maximum atomic E-state index is 12.4. The van der Waals surface area contributed by atoms with Crippen molar-refractivity contribution < 1.29 is 19.5 Å². The predicted molar refractivity (Wildman–Crippen MR) is 123 cm³/mol. The number of oxime groups is 1. The molecular formula is C27H35NO4. The van der Waals surface area contributed by atoms with E-state index in [1.807, 2.05) is 30.3 Å². The predicted octanol–water partition coefficient (Wildman–Crippen LogP) is 5.77. The minimum Gasteiger partial charge on any atom is -0.482 e. The zero-order chi connectivity index (χ0) is 22.3. The molecule has 5 nitrogen and oxygen atoms in total. The maximum Gasteiger partial charge on any atom is 0.344 e. The van der Waals surface area contributed by atoms with Gasteiger partial charge in [-0.2, -0.15) is 0 Å². The van der Waals surface area contributed by atoms with Gasteiger partial charge in [0.2, 0.25) is 0 Å². The van der Waals surface area contributed by atoms with E-state index in [0.29, 0.717) is 23.5 Å². The van der Waals surface area contributed by atoms with Crippen molar-refractivity contribution in [2.75, 3.05) is 6.61 Å². The van der Waals surface area contributed by atoms with E-state index in [4.69, 9.17) is 9.47 Å². The van der Waals surface area contributed by atoms with Gasteiger partial charge in [-0.05, 0) is 80.2 Å². The fourth-order valence-corrected chi connectivity index (χ4v) is 7.56. The van der Waals surface area contributed by atoms with Gasteiger partial charge in [0.05, 0.1) is 5.71 Å². The third kappa shape index (κ3) is 3.54. The minimum atomic E-state index is -0.285. The maximum absolute atomic E-state index is 12.4. The number of allylic oxidation sites excluding steroid dienone is 1. The zero-order valence-corrected chi connectivity index (χ0v) is 19.3. The van der Waals surface area contributed by atoms with Gasteiger partial charge in [0.1, 0.15) is 11.9 Å². The SMILES string of the molecule is C[C@]12CC[C@H](OC(=O)COc3ccccc3)CC1=CCC1C2CC[C@]2(C)/C(=N\O)CCC12. The van der Waals surface area contributed by atoms with Crippen molar-refractivity contribution in [3.63, 3.8) is 0 Å². The number of fused-ring (bicyclic) bond motifs is 5. The van der Waals surface area contributed by atoms with E-state index in [-0.39, 0.29) is 29.5 Å². The number of hydrogen-bond acceptors (Lipinski definition) is 5. The summed E-state index contributed by atoms with van der Waals surface area (Å²) in [4.78, 5) is 12.4. The van der Waals surface area contributed by atoms with Crippen LogP contribution in [-0.4, -0.2) is 29.6 Å². The number of rotatable bonds is 4. The van der Waals surface area contributed by atoms with Crippen molar-refractivity contribution in [2.24, 2.45) is 33.7 Å². The lowest BCUT2D eigenvalue weighted by atomic mass is 9.48. The standard InChI is InChI=1S/C27H35NO4/c1-26-14-12-20(32-25(29)17-31-19-6-4-3-5-7-19)16-18(26)8-9-21-22-10-11-24(28-30)27(22,2)15-13-23(21)26/h3-8,20-23,30H,9-17H2,1-2H3/b28-24-/t20-,21?,22?,23?,26-,27-/m0/s1. The summed E-state index contributed by atoms with van der Waals surface area (Å²) in [5.74, 6) is 2.36. The van der Waals surface area contributed by atoms with Crippen molar-refractivity contribution >= 4 is 11.7 Å². The molecule has 172 valence electrons. The fraction of sp³-hybridized carbons (Fsp3) is 0.630. The molecule has 1 aromatic rings. The van der Waals surface area contributed by atoms with E-state index in [2.05, 4.69) is 25.1 Å². The molecule has 3 unspecified atom stereocenters. The Kier molecular flexibility index (Phi) is 5.55. The smallest absolute Gasteiger partial charge is 0.344 e. The van der Waals surface area contributed by atoms with Crippen molar-refractivity contribution in [1.29, 1.82) is 0 Å². The molecule has 0 radical (unpaired) electrons. The number of esters is 1. The Balaban J connectivity index is 1.23. The highest BCUT2D eigenvalue weighted by molar-refractivity contribution is 5.92. The zero-order valence-electron chi connectivity index (χ0n) is 19.3. The average molecular weight is 438 g/mol. The average Bonchev–Trinajstić information content (AvgIpc) is 3.15. The molecule has 1 N–H and O–H groups in total. The van der Waals surface area contributed by atoms with Crippen LogP contribution in [-0.2, 0) is 9.53 Å². The fourth-order valence-electron chi connectivity index (χ4n) is 7.56. The molecule has 0 bridgehead atoms. The molecule has 1 aromatic carbocycles. The lowest BCUT2D eigenvalue weighted by Crippen LogP contribution is -2.50. The molecule has 3 fully saturated rings. The first-order valence-corrected chi connectivity index (χ1v) is 12.2. The minimum absolute atomic E-state index is 0.0451. The van der Waals surface area contributed by atoms with Gasteiger partial charge >= 0.3 is 5.97 Å². The van der Waals surface area contributed by atoms with Crippen molar-refractivity contribution in [2.45, 2.75) is 71.3 Å². The van der Waals surface area contributed by atoms with E-state index in [1.165, 1.54) is 12.0 Å². The summed E-state index contributed by atoms with van der Waals surface area (Å²) < 4.78 is 11.4. The molecule has 6 atom stereocenters. The summed E-state index contributed by atoms with van der Waals surface area (Å²) >= 11 is 0. The summed E-state index contributed by atoms with van der Waals surface area (Å²) in [6.45, 7) is 4.73. The number of hydrogen-bond donors (Lipinski definition) is 1. The van der Waals surface area contributed by atoms with Crippen molar-refractivity contribution in [3.8, 4) is 5.75 Å². The molecule has 0 saturated heterocycles. The number of benzene rings is 1. The Morgan fingerprint density at radius 2 is 1.84 bits per heavy atom. The van der Waals surface area contributed by atoms with Crippen LogP contribution in [0.1, 0.15) is 65.2 Å². The second-order valence-corrected chi connectivity index (χ2v) is 10.8. The monoisotopic (exact) mass is 437 g/mol. The lowest BCUT2D eigenvalue weighted by Gasteiger charge is -2.57. The third-order valence-electron chi connectivity index (χ3n) is 9.32. The van der Waals surface area contributed by atoms with Gasteiger partial charge in [0.15, 0.2) is 6.61 Å². The second-order valence-electron chi connectivity index (χ2n) is 10.8. The van der Waals surface area contributed by atoms with Gasteiger partial charge in [0.25, 0.3) is 0 Å². The van der Waals surface area contributed by atoms with Gasteiger partial charge in [-0.25, -0.2) is 4.79 Å². The first-order chi connectivity index (χ1) is 15.4. The molecule has 0 aliphatic heterocycles. The normalized spacial score (nSPS) is 39.4. The summed E-state index contributed by atoms with van der Waals surface area (Å²) in [6, 6.07) is 9.39. The number of ether oxygens (including phenoxy) is 2. The molecule has 0 aromatic heterocycles. The van der Waals surface area contributed by atoms with Gasteiger partial charge in [0, 0.05) is 11.8 Å². The first kappa shape index (κ1) is 21.5. The second kappa shape index (κ2) is 8.24. The quantitative estimate of drug-likeness (QED) is 0.281. The highest BCUT2D eigenvalue weighted by atomic mass is 16.6. The van der Waals surface area contributed by atoms with E-state index in [9.17, 15) is 10.0 Å². The summed E-state index contributed by atoms with van der Waals surface area (Å²) in [5.41, 5.74) is 2.79. The molecule has 4 aliphatic carbocycles. The van der Waals surface area contributed by atoms with Gasteiger partial charge < -0.3 is 14.7 Å². The Hall–Kier alpha value is -2.30. The number of carbonyl (C=O) groups is 1. The van der Waals surface area contributed by atoms with E-state index in [1.54, 1.807) is 0 Å². The Labute approximate surface area is 190 Å². The van der Waals surface area contributed by atoms with E-state index in [0.717, 1.165) is 50.7 Å².